The van der Waals surface area contributed by atoms with Crippen molar-refractivity contribution in [2.45, 2.75) is 0 Å². The van der Waals surface area contributed by atoms with Crippen LogP contribution in [0.25, 0.3) is 0 Å². The smallest absolute Gasteiger partial charge is 0.106 e. The van der Waals surface area contributed by atoms with Gasteiger partial charge in [-0.05, 0) is 0 Å². The Bertz CT molecular complexity index is 110. The molecule has 0 amide bonds. The van der Waals surface area contributed by atoms with Crippen LogP contribution in [0, 0.1) is 12.3 Å². The number of hydrogen-bond donors (Lipinski definition) is 1. The lowest BCUT2D eigenvalue weighted by molar-refractivity contribution is 1.10. The van der Waals surface area contributed by atoms with Gasteiger partial charge in [0.1, 0.15) is 5.03 Å². The Morgan fingerprint density at radius 3 is 2.71 bits per heavy atom. The van der Waals surface area contributed by atoms with E-state index in [4.69, 9.17) is 18.0 Å². The van der Waals surface area contributed by atoms with Gasteiger partial charge in [0.05, 0.1) is 0 Å². The molecule has 0 radical (unpaired) electrons. The molecule has 0 aromatic rings. The molecule has 0 fully saturated rings. The van der Waals surface area contributed by atoms with Crippen molar-refractivity contribution in [1.29, 1.82) is 0 Å². The first kappa shape index (κ1) is 6.39. The summed E-state index contributed by atoms with van der Waals surface area (Å²) in [6, 6.07) is 0. The van der Waals surface area contributed by atoms with Gasteiger partial charge in [-0.3, -0.25) is 0 Å². The second-order valence-electron chi connectivity index (χ2n) is 0.925. The van der Waals surface area contributed by atoms with Crippen LogP contribution in [0.5, 0.6) is 0 Å². The number of nitrogens with one attached hydrogen (secondary N) is 1. The lowest BCUT2D eigenvalue weighted by atomic mass is 10.6. The standard InChI is InChI=1S/C5H6ClN/c1-3-5(6)4-7-2/h1,4,7H,2H3/b5-4+. The summed E-state index contributed by atoms with van der Waals surface area (Å²) in [6.45, 7) is 0. The molecule has 0 saturated heterocycles. The summed E-state index contributed by atoms with van der Waals surface area (Å²) in [5.41, 5.74) is 0. The molecule has 0 bridgehead atoms. The first-order chi connectivity index (χ1) is 3.31. The molecule has 1 N–H and O–H groups in total. The molecule has 0 aliphatic rings. The van der Waals surface area contributed by atoms with Gasteiger partial charge in [0.25, 0.3) is 0 Å². The monoisotopic (exact) mass is 115 g/mol. The van der Waals surface area contributed by atoms with E-state index in [0.717, 1.165) is 0 Å². The van der Waals surface area contributed by atoms with E-state index >= 15 is 0 Å². The van der Waals surface area contributed by atoms with Gasteiger partial charge in [-0.1, -0.05) is 17.5 Å². The van der Waals surface area contributed by atoms with Crippen molar-refractivity contribution in [1.82, 2.24) is 5.32 Å². The highest BCUT2D eigenvalue weighted by molar-refractivity contribution is 6.32. The van der Waals surface area contributed by atoms with Crippen molar-refractivity contribution < 1.29 is 0 Å². The van der Waals surface area contributed by atoms with Crippen LogP contribution in [-0.2, 0) is 0 Å². The van der Waals surface area contributed by atoms with Crippen molar-refractivity contribution in [3.63, 3.8) is 0 Å². The van der Waals surface area contributed by atoms with Crippen molar-refractivity contribution in [2.75, 3.05) is 7.05 Å². The zero-order valence-corrected chi connectivity index (χ0v) is 4.79. The predicted octanol–water partition coefficient (Wildman–Crippen LogP) is 0.919. The van der Waals surface area contributed by atoms with E-state index in [2.05, 4.69) is 11.2 Å². The summed E-state index contributed by atoms with van der Waals surface area (Å²) >= 11 is 5.33. The predicted molar refractivity (Wildman–Crippen MR) is 31.8 cm³/mol. The number of allylic oxidation sites excluding steroid dienone is 1. The average Bonchev–Trinajstić information content (AvgIpc) is 1.68. The molecule has 0 spiro atoms. The van der Waals surface area contributed by atoms with E-state index in [-0.39, 0.29) is 0 Å². The lowest BCUT2D eigenvalue weighted by Gasteiger charge is -1.82. The van der Waals surface area contributed by atoms with Crippen LogP contribution in [0.4, 0.5) is 0 Å². The average molecular weight is 116 g/mol. The fraction of sp³-hybridized carbons (Fsp3) is 0.200. The Labute approximate surface area is 48.4 Å². The molecule has 0 aliphatic heterocycles. The van der Waals surface area contributed by atoms with Crippen LogP contribution in [0.15, 0.2) is 11.2 Å². The lowest BCUT2D eigenvalue weighted by Crippen LogP contribution is -1.91. The third-order valence-electron chi connectivity index (χ3n) is 0.409. The van der Waals surface area contributed by atoms with E-state index in [1.807, 2.05) is 0 Å². The number of terminal acetylenes is 1. The zero-order chi connectivity index (χ0) is 5.70. The van der Waals surface area contributed by atoms with Gasteiger partial charge < -0.3 is 5.32 Å². The molecule has 0 heterocycles. The van der Waals surface area contributed by atoms with Gasteiger partial charge in [-0.2, -0.15) is 0 Å². The SMILES string of the molecule is C#C/C(Cl)=C\NC. The molecule has 0 rings (SSSR count). The molecule has 0 saturated carbocycles. The highest BCUT2D eigenvalue weighted by Gasteiger charge is 1.74. The second kappa shape index (κ2) is 3.58. The molecule has 0 aliphatic carbocycles. The molecule has 1 nitrogen and oxygen atoms in total. The Hall–Kier alpha value is -0.610. The van der Waals surface area contributed by atoms with Crippen LogP contribution >= 0.6 is 11.6 Å². The van der Waals surface area contributed by atoms with E-state index in [0.29, 0.717) is 5.03 Å². The molecular formula is C5H6ClN. The highest BCUT2D eigenvalue weighted by atomic mass is 35.5. The first-order valence-corrected chi connectivity index (χ1v) is 2.18. The number of hydrogen-bond acceptors (Lipinski definition) is 1. The Kier molecular flexibility index (Phi) is 3.26. The van der Waals surface area contributed by atoms with Gasteiger partial charge in [0.2, 0.25) is 0 Å². The maximum absolute atomic E-state index is 5.33. The molecule has 0 atom stereocenters. The van der Waals surface area contributed by atoms with Crippen molar-refractivity contribution in [3.8, 4) is 12.3 Å². The van der Waals surface area contributed by atoms with E-state index in [1.165, 1.54) is 0 Å². The summed E-state index contributed by atoms with van der Waals surface area (Å²) in [5, 5.41) is 3.07. The van der Waals surface area contributed by atoms with Crippen molar-refractivity contribution >= 4 is 11.6 Å². The van der Waals surface area contributed by atoms with E-state index in [9.17, 15) is 0 Å². The van der Waals surface area contributed by atoms with Gasteiger partial charge in [-0.25, -0.2) is 0 Å². The molecular weight excluding hydrogens is 110 g/mol. The summed E-state index contributed by atoms with van der Waals surface area (Å²) in [4.78, 5) is 0. The van der Waals surface area contributed by atoms with E-state index in [1.54, 1.807) is 13.2 Å². The number of rotatable bonds is 1. The third kappa shape index (κ3) is 3.21. The molecule has 38 valence electrons. The third-order valence-corrected chi connectivity index (χ3v) is 0.627. The Morgan fingerprint density at radius 1 is 2.00 bits per heavy atom. The highest BCUT2D eigenvalue weighted by Crippen LogP contribution is 1.92. The quantitative estimate of drug-likeness (QED) is 0.501. The summed E-state index contributed by atoms with van der Waals surface area (Å²) in [7, 11) is 1.74. The maximum Gasteiger partial charge on any atom is 0.106 e. The Morgan fingerprint density at radius 2 is 2.57 bits per heavy atom. The zero-order valence-electron chi connectivity index (χ0n) is 4.03. The van der Waals surface area contributed by atoms with Gasteiger partial charge in [0, 0.05) is 13.2 Å². The summed E-state index contributed by atoms with van der Waals surface area (Å²) in [5.74, 6) is 2.23. The summed E-state index contributed by atoms with van der Waals surface area (Å²) < 4.78 is 0. The summed E-state index contributed by atoms with van der Waals surface area (Å²) in [6.07, 6.45) is 6.41. The fourth-order valence-corrected chi connectivity index (χ4v) is 0.277. The minimum absolute atomic E-state index is 0.391. The first-order valence-electron chi connectivity index (χ1n) is 1.81. The van der Waals surface area contributed by atoms with Gasteiger partial charge in [0.15, 0.2) is 0 Å². The van der Waals surface area contributed by atoms with Gasteiger partial charge in [-0.15, -0.1) is 6.42 Å². The molecule has 7 heavy (non-hydrogen) atoms. The molecule has 0 aromatic heterocycles. The Balaban J connectivity index is 3.57. The normalized spacial score (nSPS) is 10.1. The van der Waals surface area contributed by atoms with E-state index < -0.39 is 0 Å². The topological polar surface area (TPSA) is 12.0 Å². The van der Waals surface area contributed by atoms with Crippen LogP contribution in [-0.4, -0.2) is 7.05 Å². The fourth-order valence-electron chi connectivity index (χ4n) is 0.168. The molecule has 0 aromatic carbocycles. The van der Waals surface area contributed by atoms with Crippen molar-refractivity contribution in [2.24, 2.45) is 0 Å². The van der Waals surface area contributed by atoms with Crippen molar-refractivity contribution in [3.05, 3.63) is 11.2 Å². The molecule has 0 unspecified atom stereocenters. The maximum atomic E-state index is 5.33. The van der Waals surface area contributed by atoms with Crippen LogP contribution < -0.4 is 5.32 Å². The van der Waals surface area contributed by atoms with Crippen LogP contribution in [0.1, 0.15) is 0 Å². The second-order valence-corrected chi connectivity index (χ2v) is 1.33. The molecule has 2 heteroatoms. The van der Waals surface area contributed by atoms with Gasteiger partial charge >= 0.3 is 0 Å². The van der Waals surface area contributed by atoms with Crippen LogP contribution in [0.3, 0.4) is 0 Å². The van der Waals surface area contributed by atoms with Crippen LogP contribution in [0.2, 0.25) is 0 Å². The minimum atomic E-state index is 0.391. The minimum Gasteiger partial charge on any atom is -0.392 e. The largest absolute Gasteiger partial charge is 0.392 e. The number of halogens is 1.